The van der Waals surface area contributed by atoms with Crippen LogP contribution in [0.3, 0.4) is 0 Å². The summed E-state index contributed by atoms with van der Waals surface area (Å²) in [6.07, 6.45) is 7.71. The van der Waals surface area contributed by atoms with E-state index in [1.807, 2.05) is 25.1 Å². The van der Waals surface area contributed by atoms with Crippen molar-refractivity contribution in [3.05, 3.63) is 29.5 Å². The Bertz CT molecular complexity index is 733. The van der Waals surface area contributed by atoms with Crippen LogP contribution >= 0.6 is 0 Å². The molecule has 2 aromatic rings. The first-order valence-electron chi connectivity index (χ1n) is 9.59. The number of benzene rings is 1. The van der Waals surface area contributed by atoms with Crippen LogP contribution in [0.15, 0.2) is 18.2 Å². The molecule has 0 aliphatic heterocycles. The summed E-state index contributed by atoms with van der Waals surface area (Å²) in [6.45, 7) is 5.00. The molecule has 1 saturated carbocycles. The summed E-state index contributed by atoms with van der Waals surface area (Å²) >= 11 is 0. The molecule has 0 spiro atoms. The number of fused-ring (bicyclic) bond motifs is 1. The molecule has 1 amide bonds. The lowest BCUT2D eigenvalue weighted by Gasteiger charge is -2.31. The Morgan fingerprint density at radius 1 is 1.28 bits per heavy atom. The summed E-state index contributed by atoms with van der Waals surface area (Å²) in [6, 6.07) is 5.83. The normalized spacial score (nSPS) is 20.6. The maximum Gasteiger partial charge on any atom is 0.253 e. The Morgan fingerprint density at radius 2 is 2.04 bits per heavy atom. The van der Waals surface area contributed by atoms with Gasteiger partial charge in [-0.05, 0) is 31.2 Å². The van der Waals surface area contributed by atoms with Gasteiger partial charge >= 0.3 is 0 Å². The Hall–Kier alpha value is -1.97. The molecule has 3 rings (SSSR count). The van der Waals surface area contributed by atoms with Gasteiger partial charge in [0.2, 0.25) is 0 Å². The highest BCUT2D eigenvalue weighted by Gasteiger charge is 2.25. The van der Waals surface area contributed by atoms with Gasteiger partial charge in [-0.15, -0.1) is 0 Å². The molecule has 25 heavy (non-hydrogen) atoms. The monoisotopic (exact) mass is 342 g/mol. The third-order valence-corrected chi connectivity index (χ3v) is 5.68. The number of hydrogen-bond acceptors (Lipinski definition) is 2. The Balaban J connectivity index is 1.75. The molecule has 2 atom stereocenters. The van der Waals surface area contributed by atoms with Gasteiger partial charge in [-0.3, -0.25) is 4.79 Å². The number of carbonyl (C=O) groups is 1. The first-order valence-corrected chi connectivity index (χ1v) is 9.59. The van der Waals surface area contributed by atoms with Gasteiger partial charge in [0.15, 0.2) is 0 Å². The summed E-state index contributed by atoms with van der Waals surface area (Å²) in [5.41, 5.74) is 2.54. The van der Waals surface area contributed by atoms with Crippen molar-refractivity contribution < 1.29 is 9.53 Å². The number of aryl methyl sites for hydroxylation is 1. The van der Waals surface area contributed by atoms with Crippen LogP contribution in [0.25, 0.3) is 10.9 Å². The second kappa shape index (κ2) is 7.94. The van der Waals surface area contributed by atoms with Gasteiger partial charge < -0.3 is 15.0 Å². The zero-order chi connectivity index (χ0) is 17.8. The van der Waals surface area contributed by atoms with E-state index in [2.05, 4.69) is 17.2 Å². The van der Waals surface area contributed by atoms with Crippen LogP contribution in [-0.2, 0) is 0 Å². The van der Waals surface area contributed by atoms with Crippen molar-refractivity contribution in [1.29, 1.82) is 0 Å². The van der Waals surface area contributed by atoms with E-state index in [1.54, 1.807) is 7.11 Å². The fourth-order valence-electron chi connectivity index (χ4n) is 4.40. The summed E-state index contributed by atoms with van der Waals surface area (Å²) in [5.74, 6) is 2.19. The third kappa shape index (κ3) is 3.68. The number of rotatable bonds is 6. The van der Waals surface area contributed by atoms with Crippen LogP contribution in [0.1, 0.15) is 61.5 Å². The van der Waals surface area contributed by atoms with Crippen LogP contribution in [0.4, 0.5) is 0 Å². The highest BCUT2D eigenvalue weighted by molar-refractivity contribution is 6.09. The minimum Gasteiger partial charge on any atom is -0.495 e. The average Bonchev–Trinajstić information content (AvgIpc) is 2.97. The predicted octanol–water partition coefficient (Wildman–Crippen LogP) is 4.82. The number of amides is 1. The minimum atomic E-state index is 0.0258. The SMILES string of the molecule is CCCC1CCCCC1CNC(=O)c1c(C)[nH]c2c(OC)cccc12. The van der Waals surface area contributed by atoms with Crippen LogP contribution < -0.4 is 10.1 Å². The van der Waals surface area contributed by atoms with Gasteiger partial charge in [0.05, 0.1) is 18.2 Å². The molecule has 4 nitrogen and oxygen atoms in total. The van der Waals surface area contributed by atoms with Crippen LogP contribution in [-0.4, -0.2) is 24.5 Å². The summed E-state index contributed by atoms with van der Waals surface area (Å²) in [7, 11) is 1.65. The number of aromatic nitrogens is 1. The van der Waals surface area contributed by atoms with Crippen molar-refractivity contribution >= 4 is 16.8 Å². The molecule has 0 radical (unpaired) electrons. The van der Waals surface area contributed by atoms with Crippen molar-refractivity contribution in [2.45, 2.75) is 52.4 Å². The molecule has 1 aromatic carbocycles. The fraction of sp³-hybridized carbons (Fsp3) is 0.571. The van der Waals surface area contributed by atoms with Crippen molar-refractivity contribution in [2.24, 2.45) is 11.8 Å². The molecule has 1 fully saturated rings. The molecule has 1 aliphatic carbocycles. The number of H-pyrrole nitrogens is 1. The Morgan fingerprint density at radius 3 is 2.76 bits per heavy atom. The minimum absolute atomic E-state index is 0.0258. The lowest BCUT2D eigenvalue weighted by Crippen LogP contribution is -2.34. The van der Waals surface area contributed by atoms with E-state index in [0.29, 0.717) is 5.92 Å². The molecule has 4 heteroatoms. The molecule has 2 N–H and O–H groups in total. The summed E-state index contributed by atoms with van der Waals surface area (Å²) < 4.78 is 5.41. The molecule has 1 heterocycles. The third-order valence-electron chi connectivity index (χ3n) is 5.68. The van der Waals surface area contributed by atoms with Gasteiger partial charge in [-0.1, -0.05) is 51.2 Å². The quantitative estimate of drug-likeness (QED) is 0.790. The largest absolute Gasteiger partial charge is 0.495 e. The molecule has 1 aromatic heterocycles. The van der Waals surface area contributed by atoms with Crippen molar-refractivity contribution in [3.8, 4) is 5.75 Å². The maximum absolute atomic E-state index is 12.9. The molecule has 136 valence electrons. The van der Waals surface area contributed by atoms with E-state index in [0.717, 1.165) is 40.4 Å². The van der Waals surface area contributed by atoms with Crippen molar-refractivity contribution in [2.75, 3.05) is 13.7 Å². The van der Waals surface area contributed by atoms with Gasteiger partial charge in [-0.25, -0.2) is 0 Å². The second-order valence-electron chi connectivity index (χ2n) is 7.31. The second-order valence-corrected chi connectivity index (χ2v) is 7.31. The van der Waals surface area contributed by atoms with E-state index in [9.17, 15) is 4.79 Å². The molecule has 1 aliphatic rings. The number of para-hydroxylation sites is 1. The van der Waals surface area contributed by atoms with Crippen LogP contribution in [0, 0.1) is 18.8 Å². The molecule has 2 unspecified atom stereocenters. The van der Waals surface area contributed by atoms with E-state index >= 15 is 0 Å². The lowest BCUT2D eigenvalue weighted by atomic mass is 9.77. The smallest absolute Gasteiger partial charge is 0.253 e. The first kappa shape index (κ1) is 17.8. The fourth-order valence-corrected chi connectivity index (χ4v) is 4.40. The number of ether oxygens (including phenoxy) is 1. The standard InChI is InChI=1S/C21H30N2O2/c1-4-8-15-9-5-6-10-16(15)13-22-21(24)19-14(2)23-20-17(19)11-7-12-18(20)25-3/h7,11-12,15-16,23H,4-6,8-10,13H2,1-3H3,(H,22,24). The predicted molar refractivity (Wildman–Crippen MR) is 102 cm³/mol. The van der Waals surface area contributed by atoms with Crippen LogP contribution in [0.5, 0.6) is 5.75 Å². The first-order chi connectivity index (χ1) is 12.2. The Kier molecular flexibility index (Phi) is 5.67. The summed E-state index contributed by atoms with van der Waals surface area (Å²) in [4.78, 5) is 16.2. The highest BCUT2D eigenvalue weighted by Crippen LogP contribution is 2.33. The summed E-state index contributed by atoms with van der Waals surface area (Å²) in [5, 5.41) is 4.15. The van der Waals surface area contributed by atoms with E-state index in [4.69, 9.17) is 4.74 Å². The number of hydrogen-bond donors (Lipinski definition) is 2. The van der Waals surface area contributed by atoms with Gasteiger partial charge in [0.1, 0.15) is 5.75 Å². The van der Waals surface area contributed by atoms with Gasteiger partial charge in [0, 0.05) is 17.6 Å². The average molecular weight is 342 g/mol. The zero-order valence-electron chi connectivity index (χ0n) is 15.7. The number of aromatic amines is 1. The van der Waals surface area contributed by atoms with Gasteiger partial charge in [-0.2, -0.15) is 0 Å². The van der Waals surface area contributed by atoms with E-state index < -0.39 is 0 Å². The molecule has 0 bridgehead atoms. The molecule has 0 saturated heterocycles. The van der Waals surface area contributed by atoms with E-state index in [1.165, 1.54) is 38.5 Å². The number of methoxy groups -OCH3 is 1. The number of carbonyl (C=O) groups excluding carboxylic acids is 1. The van der Waals surface area contributed by atoms with Gasteiger partial charge in [0.25, 0.3) is 5.91 Å². The van der Waals surface area contributed by atoms with Crippen molar-refractivity contribution in [3.63, 3.8) is 0 Å². The van der Waals surface area contributed by atoms with Crippen LogP contribution in [0.2, 0.25) is 0 Å². The molecular weight excluding hydrogens is 312 g/mol. The lowest BCUT2D eigenvalue weighted by molar-refractivity contribution is 0.0933. The Labute approximate surface area is 150 Å². The topological polar surface area (TPSA) is 54.1 Å². The highest BCUT2D eigenvalue weighted by atomic mass is 16.5. The van der Waals surface area contributed by atoms with Crippen molar-refractivity contribution in [1.82, 2.24) is 10.3 Å². The maximum atomic E-state index is 12.9. The zero-order valence-corrected chi connectivity index (χ0v) is 15.7. The number of nitrogens with one attached hydrogen (secondary N) is 2. The molecular formula is C21H30N2O2. The van der Waals surface area contributed by atoms with E-state index in [-0.39, 0.29) is 5.91 Å².